The minimum absolute atomic E-state index is 0.0308. The van der Waals surface area contributed by atoms with Crippen molar-refractivity contribution in [1.82, 2.24) is 9.88 Å². The fourth-order valence-electron chi connectivity index (χ4n) is 2.35. The highest BCUT2D eigenvalue weighted by molar-refractivity contribution is 9.10. The van der Waals surface area contributed by atoms with Gasteiger partial charge in [-0.3, -0.25) is 9.69 Å². The molecule has 1 unspecified atom stereocenters. The lowest BCUT2D eigenvalue weighted by Crippen LogP contribution is -2.39. The first-order chi connectivity index (χ1) is 11.5. The van der Waals surface area contributed by atoms with E-state index in [-0.39, 0.29) is 11.9 Å². The summed E-state index contributed by atoms with van der Waals surface area (Å²) in [5, 5.41) is 3.96. The van der Waals surface area contributed by atoms with Crippen LogP contribution in [0.5, 0.6) is 0 Å². The van der Waals surface area contributed by atoms with Gasteiger partial charge in [0.15, 0.2) is 0 Å². The molecule has 6 heteroatoms. The second-order valence-electron chi connectivity index (χ2n) is 5.67. The molecule has 0 aliphatic rings. The van der Waals surface area contributed by atoms with Crippen molar-refractivity contribution in [3.05, 3.63) is 58.0 Å². The minimum Gasteiger partial charge on any atom is -0.325 e. The number of likely N-dealkylation sites (N-methyl/N-ethyl adjacent to an activating group) is 1. The molecule has 4 nitrogen and oxygen atoms in total. The highest BCUT2D eigenvalue weighted by Crippen LogP contribution is 2.23. The number of anilines is 1. The molecule has 0 saturated heterocycles. The predicted octanol–water partition coefficient (Wildman–Crippen LogP) is 4.52. The topological polar surface area (TPSA) is 45.2 Å². The molecule has 0 spiro atoms. The highest BCUT2D eigenvalue weighted by atomic mass is 79.9. The lowest BCUT2D eigenvalue weighted by Gasteiger charge is -2.22. The number of thiazole rings is 1. The number of nitrogens with zero attached hydrogens (tertiary/aromatic N) is 2. The summed E-state index contributed by atoms with van der Waals surface area (Å²) in [5.41, 5.74) is 1.80. The van der Waals surface area contributed by atoms with Gasteiger partial charge in [-0.05, 0) is 44.3 Å². The number of hydrogen-bond donors (Lipinski definition) is 1. The summed E-state index contributed by atoms with van der Waals surface area (Å²) in [4.78, 5) is 19.1. The first-order valence-corrected chi connectivity index (χ1v) is 9.25. The first-order valence-electron chi connectivity index (χ1n) is 7.64. The number of hydrogen-bond acceptors (Lipinski definition) is 4. The van der Waals surface area contributed by atoms with Crippen molar-refractivity contribution in [2.75, 3.05) is 12.4 Å². The smallest absolute Gasteiger partial charge is 0.241 e. The summed E-state index contributed by atoms with van der Waals surface area (Å²) in [6.45, 7) is 2.55. The van der Waals surface area contributed by atoms with Crippen LogP contribution in [0.15, 0.2) is 53.0 Å². The van der Waals surface area contributed by atoms with E-state index in [0.717, 1.165) is 20.7 Å². The first kappa shape index (κ1) is 17.1. The second-order valence-corrected chi connectivity index (χ2v) is 7.70. The molecule has 1 atom stereocenters. The molecule has 3 aromatic rings. The van der Waals surface area contributed by atoms with Crippen molar-refractivity contribution < 1.29 is 4.79 Å². The van der Waals surface area contributed by atoms with Crippen LogP contribution in [-0.2, 0) is 11.3 Å². The van der Waals surface area contributed by atoms with Gasteiger partial charge < -0.3 is 5.32 Å². The Hall–Kier alpha value is -1.76. The van der Waals surface area contributed by atoms with Gasteiger partial charge in [0.1, 0.15) is 5.01 Å². The number of benzene rings is 2. The summed E-state index contributed by atoms with van der Waals surface area (Å²) in [7, 11) is 1.94. The molecule has 0 radical (unpaired) electrons. The molecule has 0 fully saturated rings. The quantitative estimate of drug-likeness (QED) is 0.680. The van der Waals surface area contributed by atoms with E-state index in [4.69, 9.17) is 0 Å². The average Bonchev–Trinajstić information content (AvgIpc) is 2.96. The van der Waals surface area contributed by atoms with Crippen LogP contribution in [0.4, 0.5) is 5.69 Å². The number of carbonyl (C=O) groups excluding carboxylic acids is 1. The lowest BCUT2D eigenvalue weighted by molar-refractivity contribution is -0.120. The number of halogens is 1. The van der Waals surface area contributed by atoms with E-state index in [0.29, 0.717) is 6.54 Å². The third-order valence-corrected chi connectivity index (χ3v) is 5.37. The van der Waals surface area contributed by atoms with E-state index < -0.39 is 0 Å². The summed E-state index contributed by atoms with van der Waals surface area (Å²) < 4.78 is 2.11. The highest BCUT2D eigenvalue weighted by Gasteiger charge is 2.19. The molecule has 0 bridgehead atoms. The van der Waals surface area contributed by atoms with E-state index in [1.807, 2.05) is 61.3 Å². The minimum atomic E-state index is -0.254. The van der Waals surface area contributed by atoms with E-state index in [1.54, 1.807) is 11.3 Å². The molecule has 2 aromatic carbocycles. The molecule has 24 heavy (non-hydrogen) atoms. The molecule has 0 aliphatic carbocycles. The Morgan fingerprint density at radius 2 is 2.08 bits per heavy atom. The number of carbonyl (C=O) groups is 1. The van der Waals surface area contributed by atoms with E-state index in [2.05, 4.69) is 32.3 Å². The SMILES string of the molecule is CC(C(=O)Nc1cccc(Br)c1)N(C)Cc1nc2ccccc2s1. The fraction of sp³-hybridized carbons (Fsp3) is 0.222. The average molecular weight is 404 g/mol. The van der Waals surface area contributed by atoms with Gasteiger partial charge in [-0.1, -0.05) is 34.1 Å². The van der Waals surface area contributed by atoms with Gasteiger partial charge in [0.05, 0.1) is 22.8 Å². The third-order valence-electron chi connectivity index (χ3n) is 3.86. The zero-order chi connectivity index (χ0) is 17.1. The van der Waals surface area contributed by atoms with Crippen molar-refractivity contribution in [3.8, 4) is 0 Å². The number of para-hydroxylation sites is 1. The fourth-order valence-corrected chi connectivity index (χ4v) is 3.78. The molecule has 0 aliphatic heterocycles. The van der Waals surface area contributed by atoms with Crippen LogP contribution in [0.25, 0.3) is 10.2 Å². The normalized spacial score (nSPS) is 12.5. The molecule has 1 aromatic heterocycles. The summed E-state index contributed by atoms with van der Waals surface area (Å²) in [5.74, 6) is -0.0308. The zero-order valence-corrected chi connectivity index (χ0v) is 15.9. The maximum atomic E-state index is 12.4. The van der Waals surface area contributed by atoms with Crippen LogP contribution >= 0.6 is 27.3 Å². The third kappa shape index (κ3) is 4.01. The predicted molar refractivity (Wildman–Crippen MR) is 103 cm³/mol. The van der Waals surface area contributed by atoms with Crippen LogP contribution in [0.2, 0.25) is 0 Å². The van der Waals surface area contributed by atoms with Gasteiger partial charge >= 0.3 is 0 Å². The van der Waals surface area contributed by atoms with Crippen LogP contribution in [-0.4, -0.2) is 28.9 Å². The molecule has 1 N–H and O–H groups in total. The number of fused-ring (bicyclic) bond motifs is 1. The van der Waals surface area contributed by atoms with Crippen molar-refractivity contribution in [1.29, 1.82) is 0 Å². The van der Waals surface area contributed by atoms with Gasteiger partial charge in [0.25, 0.3) is 0 Å². The van der Waals surface area contributed by atoms with E-state index >= 15 is 0 Å². The standard InChI is InChI=1S/C18H18BrN3OS/c1-12(18(23)20-14-7-5-6-13(19)10-14)22(2)11-17-21-15-8-3-4-9-16(15)24-17/h3-10,12H,11H2,1-2H3,(H,20,23). The molecule has 124 valence electrons. The summed E-state index contributed by atoms with van der Waals surface area (Å²) in [6, 6.07) is 15.4. The molecule has 1 amide bonds. The Balaban J connectivity index is 1.65. The largest absolute Gasteiger partial charge is 0.325 e. The monoisotopic (exact) mass is 403 g/mol. The summed E-state index contributed by atoms with van der Waals surface area (Å²) in [6.07, 6.45) is 0. The zero-order valence-electron chi connectivity index (χ0n) is 13.5. The Morgan fingerprint density at radius 1 is 1.29 bits per heavy atom. The van der Waals surface area contributed by atoms with Gasteiger partial charge in [0.2, 0.25) is 5.91 Å². The number of aromatic nitrogens is 1. The van der Waals surface area contributed by atoms with Crippen LogP contribution in [0.1, 0.15) is 11.9 Å². The number of rotatable bonds is 5. The Morgan fingerprint density at radius 3 is 2.83 bits per heavy atom. The maximum Gasteiger partial charge on any atom is 0.241 e. The molecule has 3 rings (SSSR count). The van der Waals surface area contributed by atoms with Crippen molar-refractivity contribution in [3.63, 3.8) is 0 Å². The second kappa shape index (κ2) is 7.42. The van der Waals surface area contributed by atoms with Crippen LogP contribution in [0.3, 0.4) is 0 Å². The Kier molecular flexibility index (Phi) is 5.28. The van der Waals surface area contributed by atoms with Crippen molar-refractivity contribution >= 4 is 49.1 Å². The van der Waals surface area contributed by atoms with Gasteiger partial charge in [0, 0.05) is 10.2 Å². The van der Waals surface area contributed by atoms with E-state index in [1.165, 1.54) is 4.70 Å². The van der Waals surface area contributed by atoms with E-state index in [9.17, 15) is 4.79 Å². The van der Waals surface area contributed by atoms with Crippen molar-refractivity contribution in [2.45, 2.75) is 19.5 Å². The molecule has 1 heterocycles. The molecular formula is C18H18BrN3OS. The lowest BCUT2D eigenvalue weighted by atomic mass is 10.2. The Bertz CT molecular complexity index is 831. The van der Waals surface area contributed by atoms with Crippen LogP contribution < -0.4 is 5.32 Å². The van der Waals surface area contributed by atoms with Crippen LogP contribution in [0, 0.1) is 0 Å². The van der Waals surface area contributed by atoms with Gasteiger partial charge in [-0.2, -0.15) is 0 Å². The molecule has 0 saturated carbocycles. The van der Waals surface area contributed by atoms with Gasteiger partial charge in [-0.25, -0.2) is 4.98 Å². The van der Waals surface area contributed by atoms with Crippen molar-refractivity contribution in [2.24, 2.45) is 0 Å². The number of nitrogens with one attached hydrogen (secondary N) is 1. The molecular weight excluding hydrogens is 386 g/mol. The number of amides is 1. The Labute approximate surface area is 153 Å². The summed E-state index contributed by atoms with van der Waals surface area (Å²) >= 11 is 5.08. The maximum absolute atomic E-state index is 12.4. The van der Waals surface area contributed by atoms with Gasteiger partial charge in [-0.15, -0.1) is 11.3 Å².